The second-order valence-corrected chi connectivity index (χ2v) is 7.95. The fourth-order valence-corrected chi connectivity index (χ4v) is 4.25. The van der Waals surface area contributed by atoms with Crippen molar-refractivity contribution < 1.29 is 8.42 Å². The van der Waals surface area contributed by atoms with Crippen LogP contribution in [0.15, 0.2) is 28.7 Å². The third-order valence-corrected chi connectivity index (χ3v) is 6.11. The van der Waals surface area contributed by atoms with Gasteiger partial charge in [-0.3, -0.25) is 0 Å². The van der Waals surface area contributed by atoms with Crippen LogP contribution in [0.4, 0.5) is 0 Å². The molecule has 1 aromatic rings. The van der Waals surface area contributed by atoms with Gasteiger partial charge < -0.3 is 5.32 Å². The molecule has 0 aromatic heterocycles. The monoisotopic (exact) mass is 317 g/mol. The van der Waals surface area contributed by atoms with Crippen LogP contribution in [0.2, 0.25) is 0 Å². The van der Waals surface area contributed by atoms with E-state index < -0.39 is 9.84 Å². The number of nitrogens with one attached hydrogen (secondary N) is 1. The van der Waals surface area contributed by atoms with E-state index in [-0.39, 0.29) is 23.1 Å². The predicted octanol–water partition coefficient (Wildman–Crippen LogP) is 2.29. The smallest absolute Gasteiger partial charge is 0.156 e. The number of hydrogen-bond acceptors (Lipinski definition) is 3. The minimum atomic E-state index is -2.99. The summed E-state index contributed by atoms with van der Waals surface area (Å²) < 4.78 is 25.0. The van der Waals surface area contributed by atoms with Gasteiger partial charge in [0.25, 0.3) is 0 Å². The Balaban J connectivity index is 2.34. The normalized spacial score (nSPS) is 32.3. The SMILES string of the molecule is CC1CS(=O)(=O)C(C)C(c2ccc(Br)cc2)N1. The van der Waals surface area contributed by atoms with Crippen molar-refractivity contribution in [1.82, 2.24) is 5.32 Å². The van der Waals surface area contributed by atoms with E-state index in [1.165, 1.54) is 0 Å². The van der Waals surface area contributed by atoms with Gasteiger partial charge in [0.1, 0.15) is 0 Å². The third kappa shape index (κ3) is 2.72. The van der Waals surface area contributed by atoms with E-state index in [1.807, 2.05) is 31.2 Å². The maximum atomic E-state index is 12.0. The molecule has 0 aliphatic carbocycles. The summed E-state index contributed by atoms with van der Waals surface area (Å²) in [5, 5.41) is 2.99. The summed E-state index contributed by atoms with van der Waals surface area (Å²) in [6.45, 7) is 3.69. The Morgan fingerprint density at radius 2 is 1.82 bits per heavy atom. The number of halogens is 1. The lowest BCUT2D eigenvalue weighted by Crippen LogP contribution is -2.50. The Labute approximate surface area is 111 Å². The first kappa shape index (κ1) is 13.1. The van der Waals surface area contributed by atoms with E-state index >= 15 is 0 Å². The van der Waals surface area contributed by atoms with Crippen molar-refractivity contribution in [2.75, 3.05) is 5.75 Å². The molecule has 5 heteroatoms. The van der Waals surface area contributed by atoms with Gasteiger partial charge in [-0.2, -0.15) is 0 Å². The van der Waals surface area contributed by atoms with Gasteiger partial charge in [0.15, 0.2) is 9.84 Å². The molecule has 0 amide bonds. The average molecular weight is 318 g/mol. The zero-order valence-corrected chi connectivity index (χ0v) is 12.3. The van der Waals surface area contributed by atoms with Crippen LogP contribution in [0.3, 0.4) is 0 Å². The molecule has 3 unspecified atom stereocenters. The highest BCUT2D eigenvalue weighted by atomic mass is 79.9. The van der Waals surface area contributed by atoms with Crippen molar-refractivity contribution in [3.63, 3.8) is 0 Å². The standard InChI is InChI=1S/C12H16BrNO2S/c1-8-7-17(15,16)9(2)12(14-8)10-3-5-11(13)6-4-10/h3-6,8-9,12,14H,7H2,1-2H3. The largest absolute Gasteiger partial charge is 0.305 e. The van der Waals surface area contributed by atoms with Crippen LogP contribution in [0, 0.1) is 0 Å². The molecule has 1 aromatic carbocycles. The molecule has 1 N–H and O–H groups in total. The average Bonchev–Trinajstić information content (AvgIpc) is 2.24. The number of sulfone groups is 1. The molecular weight excluding hydrogens is 302 g/mol. The Hall–Kier alpha value is -0.390. The molecule has 17 heavy (non-hydrogen) atoms. The second-order valence-electron chi connectivity index (χ2n) is 4.63. The molecule has 0 radical (unpaired) electrons. The zero-order chi connectivity index (χ0) is 12.6. The summed E-state index contributed by atoms with van der Waals surface area (Å²) in [5.41, 5.74) is 1.02. The summed E-state index contributed by atoms with van der Waals surface area (Å²) in [7, 11) is -2.99. The molecule has 2 rings (SSSR count). The molecule has 1 aliphatic rings. The van der Waals surface area contributed by atoms with Gasteiger partial charge in [0.2, 0.25) is 0 Å². The minimum Gasteiger partial charge on any atom is -0.305 e. The lowest BCUT2D eigenvalue weighted by molar-refractivity contribution is 0.428. The molecule has 1 saturated heterocycles. The van der Waals surface area contributed by atoms with Gasteiger partial charge in [-0.1, -0.05) is 28.1 Å². The number of benzene rings is 1. The van der Waals surface area contributed by atoms with Gasteiger partial charge in [0.05, 0.1) is 11.0 Å². The van der Waals surface area contributed by atoms with E-state index in [2.05, 4.69) is 21.2 Å². The van der Waals surface area contributed by atoms with Crippen LogP contribution >= 0.6 is 15.9 Å². The van der Waals surface area contributed by atoms with E-state index in [1.54, 1.807) is 6.92 Å². The van der Waals surface area contributed by atoms with E-state index in [0.29, 0.717) is 0 Å². The molecule has 1 aliphatic heterocycles. The Kier molecular flexibility index (Phi) is 3.61. The first-order chi connectivity index (χ1) is 7.90. The van der Waals surface area contributed by atoms with Crippen LogP contribution in [0.5, 0.6) is 0 Å². The van der Waals surface area contributed by atoms with Gasteiger partial charge in [0, 0.05) is 16.6 Å². The summed E-state index contributed by atoms with van der Waals surface area (Å²) in [4.78, 5) is 0. The molecule has 3 atom stereocenters. The minimum absolute atomic E-state index is 0.00449. The van der Waals surface area contributed by atoms with Crippen molar-refractivity contribution in [2.24, 2.45) is 0 Å². The van der Waals surface area contributed by atoms with E-state index in [0.717, 1.165) is 10.0 Å². The number of hydrogen-bond donors (Lipinski definition) is 1. The maximum Gasteiger partial charge on any atom is 0.156 e. The van der Waals surface area contributed by atoms with Crippen LogP contribution < -0.4 is 5.32 Å². The topological polar surface area (TPSA) is 46.2 Å². The van der Waals surface area contributed by atoms with E-state index in [9.17, 15) is 8.42 Å². The molecule has 1 heterocycles. The maximum absolute atomic E-state index is 12.0. The van der Waals surface area contributed by atoms with Crippen molar-refractivity contribution in [2.45, 2.75) is 31.2 Å². The number of rotatable bonds is 1. The van der Waals surface area contributed by atoms with Crippen molar-refractivity contribution in [3.05, 3.63) is 34.3 Å². The second kappa shape index (κ2) is 4.71. The predicted molar refractivity (Wildman–Crippen MR) is 72.7 cm³/mol. The Morgan fingerprint density at radius 3 is 2.41 bits per heavy atom. The van der Waals surface area contributed by atoms with Crippen molar-refractivity contribution in [1.29, 1.82) is 0 Å². The fourth-order valence-electron chi connectivity index (χ4n) is 2.24. The summed E-state index contributed by atoms with van der Waals surface area (Å²) >= 11 is 3.38. The lowest BCUT2D eigenvalue weighted by atomic mass is 10.0. The zero-order valence-electron chi connectivity index (χ0n) is 9.85. The molecule has 1 fully saturated rings. The first-order valence-corrected chi connectivity index (χ1v) is 8.14. The lowest BCUT2D eigenvalue weighted by Gasteiger charge is -2.34. The van der Waals surface area contributed by atoms with Gasteiger partial charge in [-0.05, 0) is 31.5 Å². The van der Waals surface area contributed by atoms with Crippen LogP contribution in [-0.4, -0.2) is 25.5 Å². The van der Waals surface area contributed by atoms with Gasteiger partial charge in [-0.15, -0.1) is 0 Å². The summed E-state index contributed by atoms with van der Waals surface area (Å²) in [5.74, 6) is 0.223. The van der Waals surface area contributed by atoms with Gasteiger partial charge in [-0.25, -0.2) is 8.42 Å². The highest BCUT2D eigenvalue weighted by Crippen LogP contribution is 2.28. The highest BCUT2D eigenvalue weighted by molar-refractivity contribution is 9.10. The van der Waals surface area contributed by atoms with Gasteiger partial charge >= 0.3 is 0 Å². The van der Waals surface area contributed by atoms with Crippen molar-refractivity contribution in [3.8, 4) is 0 Å². The fraction of sp³-hybridized carbons (Fsp3) is 0.500. The van der Waals surface area contributed by atoms with E-state index in [4.69, 9.17) is 0 Å². The summed E-state index contributed by atoms with van der Waals surface area (Å²) in [6, 6.07) is 7.70. The third-order valence-electron chi connectivity index (χ3n) is 3.21. The van der Waals surface area contributed by atoms with Crippen LogP contribution in [-0.2, 0) is 9.84 Å². The van der Waals surface area contributed by atoms with Crippen molar-refractivity contribution >= 4 is 25.8 Å². The molecule has 3 nitrogen and oxygen atoms in total. The molecule has 0 bridgehead atoms. The first-order valence-electron chi connectivity index (χ1n) is 5.63. The van der Waals surface area contributed by atoms with Crippen LogP contribution in [0.1, 0.15) is 25.5 Å². The Morgan fingerprint density at radius 1 is 1.24 bits per heavy atom. The molecule has 0 saturated carbocycles. The highest BCUT2D eigenvalue weighted by Gasteiger charge is 2.37. The molecule has 0 spiro atoms. The molecular formula is C12H16BrNO2S. The summed E-state index contributed by atoms with van der Waals surface area (Å²) in [6.07, 6.45) is 0. The Bertz CT molecular complexity index is 498. The quantitative estimate of drug-likeness (QED) is 0.864. The molecule has 94 valence electrons. The van der Waals surface area contributed by atoms with Crippen LogP contribution in [0.25, 0.3) is 0 Å².